The van der Waals surface area contributed by atoms with Crippen LogP contribution in [0.3, 0.4) is 0 Å². The van der Waals surface area contributed by atoms with Gasteiger partial charge in [-0.15, -0.1) is 0 Å². The minimum atomic E-state index is -0.203. The normalized spacial score (nSPS) is 10.9. The van der Waals surface area contributed by atoms with Crippen molar-refractivity contribution in [1.82, 2.24) is 4.98 Å². The largest absolute Gasteiger partial charge is 0.436 e. The Labute approximate surface area is 190 Å². The van der Waals surface area contributed by atoms with E-state index >= 15 is 0 Å². The first-order chi connectivity index (χ1) is 15.6. The molecule has 4 aromatic carbocycles. The molecule has 32 heavy (non-hydrogen) atoms. The molecule has 0 aliphatic carbocycles. The highest BCUT2D eigenvalue weighted by Gasteiger charge is 2.14. The monoisotopic (exact) mass is 438 g/mol. The fourth-order valence-corrected chi connectivity index (χ4v) is 3.77. The van der Waals surface area contributed by atoms with Gasteiger partial charge in [-0.2, -0.15) is 0 Å². The average Bonchev–Trinajstić information content (AvgIpc) is 3.24. The summed E-state index contributed by atoms with van der Waals surface area (Å²) in [5.41, 5.74) is 6.52. The van der Waals surface area contributed by atoms with Crippen molar-refractivity contribution in [2.45, 2.75) is 6.92 Å². The molecule has 5 aromatic rings. The van der Waals surface area contributed by atoms with Crippen molar-refractivity contribution in [3.05, 3.63) is 107 Å². The smallest absolute Gasteiger partial charge is 0.255 e. The molecule has 0 fully saturated rings. The lowest BCUT2D eigenvalue weighted by molar-refractivity contribution is 0.102. The number of nitrogens with zero attached hydrogens (tertiary/aromatic N) is 1. The van der Waals surface area contributed by atoms with E-state index in [0.717, 1.165) is 22.2 Å². The van der Waals surface area contributed by atoms with Gasteiger partial charge in [-0.25, -0.2) is 4.98 Å². The van der Waals surface area contributed by atoms with E-state index in [1.54, 1.807) is 18.2 Å². The summed E-state index contributed by atoms with van der Waals surface area (Å²) in [6, 6.07) is 28.6. The van der Waals surface area contributed by atoms with Crippen LogP contribution in [0.5, 0.6) is 0 Å². The van der Waals surface area contributed by atoms with Gasteiger partial charge in [0.25, 0.3) is 5.91 Å². The third-order valence-electron chi connectivity index (χ3n) is 5.25. The van der Waals surface area contributed by atoms with Crippen LogP contribution in [-0.2, 0) is 0 Å². The Hall–Kier alpha value is -3.89. The molecule has 0 saturated heterocycles. The number of nitrogens with one attached hydrogen (secondary N) is 1. The molecule has 0 atom stereocenters. The summed E-state index contributed by atoms with van der Waals surface area (Å²) >= 11 is 6.41. The van der Waals surface area contributed by atoms with Crippen LogP contribution in [0.2, 0.25) is 5.02 Å². The average molecular weight is 439 g/mol. The Morgan fingerprint density at radius 3 is 2.41 bits per heavy atom. The maximum atomic E-state index is 12.8. The molecule has 5 rings (SSSR count). The van der Waals surface area contributed by atoms with Gasteiger partial charge in [0.05, 0.1) is 10.6 Å². The van der Waals surface area contributed by atoms with E-state index in [0.29, 0.717) is 33.3 Å². The molecular weight excluding hydrogens is 420 g/mol. The third-order valence-corrected chi connectivity index (χ3v) is 5.58. The Morgan fingerprint density at radius 1 is 0.875 bits per heavy atom. The van der Waals surface area contributed by atoms with Crippen molar-refractivity contribution >= 4 is 34.3 Å². The van der Waals surface area contributed by atoms with Crippen LogP contribution in [0.15, 0.2) is 95.4 Å². The molecule has 0 radical (unpaired) electrons. The lowest BCUT2D eigenvalue weighted by Gasteiger charge is -2.08. The quantitative estimate of drug-likeness (QED) is 0.318. The van der Waals surface area contributed by atoms with Gasteiger partial charge in [0.15, 0.2) is 5.58 Å². The number of amides is 1. The molecule has 0 unspecified atom stereocenters. The SMILES string of the molecule is Cc1ccc2oc(-c3cc(NC(=O)c4ccc(-c5ccccc5)cc4)ccc3Cl)nc2c1. The Kier molecular flexibility index (Phi) is 5.21. The standard InChI is InChI=1S/C27H19ClN2O2/c1-17-7-14-25-24(15-17)30-27(32-25)22-16-21(12-13-23(22)28)29-26(31)20-10-8-19(9-11-20)18-5-3-2-4-6-18/h2-16H,1H3,(H,29,31). The number of oxazole rings is 1. The van der Waals surface area contributed by atoms with Crippen LogP contribution in [0, 0.1) is 6.92 Å². The Morgan fingerprint density at radius 2 is 1.62 bits per heavy atom. The predicted octanol–water partition coefficient (Wildman–Crippen LogP) is 7.38. The number of anilines is 1. The van der Waals surface area contributed by atoms with E-state index in [1.165, 1.54) is 0 Å². The fraction of sp³-hybridized carbons (Fsp3) is 0.0370. The molecule has 0 bridgehead atoms. The Balaban J connectivity index is 1.39. The number of halogens is 1. The predicted molar refractivity (Wildman–Crippen MR) is 129 cm³/mol. The summed E-state index contributed by atoms with van der Waals surface area (Å²) in [6.07, 6.45) is 0. The molecule has 4 nitrogen and oxygen atoms in total. The highest BCUT2D eigenvalue weighted by atomic mass is 35.5. The van der Waals surface area contributed by atoms with Gasteiger partial charge in [0, 0.05) is 11.3 Å². The van der Waals surface area contributed by atoms with Crippen LogP contribution < -0.4 is 5.32 Å². The van der Waals surface area contributed by atoms with Crippen LogP contribution in [0.4, 0.5) is 5.69 Å². The number of carbonyl (C=O) groups excluding carboxylic acids is 1. The molecule has 1 aromatic heterocycles. The molecule has 1 N–H and O–H groups in total. The van der Waals surface area contributed by atoms with E-state index in [2.05, 4.69) is 10.3 Å². The van der Waals surface area contributed by atoms with Gasteiger partial charge in [-0.05, 0) is 66.1 Å². The number of fused-ring (bicyclic) bond motifs is 1. The second-order valence-corrected chi connectivity index (χ2v) is 7.99. The molecule has 0 spiro atoms. The fourth-order valence-electron chi connectivity index (χ4n) is 3.57. The topological polar surface area (TPSA) is 55.1 Å². The van der Waals surface area contributed by atoms with E-state index in [4.69, 9.17) is 16.0 Å². The lowest BCUT2D eigenvalue weighted by Crippen LogP contribution is -2.11. The summed E-state index contributed by atoms with van der Waals surface area (Å²) in [4.78, 5) is 17.3. The number of benzene rings is 4. The summed E-state index contributed by atoms with van der Waals surface area (Å²) < 4.78 is 5.88. The number of aryl methyl sites for hydroxylation is 1. The first-order valence-corrected chi connectivity index (χ1v) is 10.6. The second kappa shape index (κ2) is 8.33. The highest BCUT2D eigenvalue weighted by molar-refractivity contribution is 6.33. The molecule has 156 valence electrons. The summed E-state index contributed by atoms with van der Waals surface area (Å²) in [5, 5.41) is 3.43. The molecular formula is C27H19ClN2O2. The number of hydrogen-bond donors (Lipinski definition) is 1. The van der Waals surface area contributed by atoms with Gasteiger partial charge in [-0.3, -0.25) is 4.79 Å². The maximum Gasteiger partial charge on any atom is 0.255 e. The Bertz CT molecular complexity index is 1420. The summed E-state index contributed by atoms with van der Waals surface area (Å²) in [7, 11) is 0. The molecule has 1 heterocycles. The zero-order valence-electron chi connectivity index (χ0n) is 17.3. The summed E-state index contributed by atoms with van der Waals surface area (Å²) in [6.45, 7) is 2.00. The summed E-state index contributed by atoms with van der Waals surface area (Å²) in [5.74, 6) is 0.213. The van der Waals surface area contributed by atoms with Crippen LogP contribution in [0.1, 0.15) is 15.9 Å². The van der Waals surface area contributed by atoms with Crippen molar-refractivity contribution in [1.29, 1.82) is 0 Å². The van der Waals surface area contributed by atoms with Crippen molar-refractivity contribution < 1.29 is 9.21 Å². The minimum absolute atomic E-state index is 0.203. The van der Waals surface area contributed by atoms with E-state index in [1.807, 2.05) is 79.7 Å². The van der Waals surface area contributed by atoms with Gasteiger partial charge in [0.2, 0.25) is 5.89 Å². The number of aromatic nitrogens is 1. The van der Waals surface area contributed by atoms with Crippen LogP contribution >= 0.6 is 11.6 Å². The molecule has 0 aliphatic heterocycles. The van der Waals surface area contributed by atoms with Crippen LogP contribution in [0.25, 0.3) is 33.7 Å². The number of carbonyl (C=O) groups is 1. The number of rotatable bonds is 4. The van der Waals surface area contributed by atoms with Crippen LogP contribution in [-0.4, -0.2) is 10.9 Å². The van der Waals surface area contributed by atoms with Gasteiger partial charge >= 0.3 is 0 Å². The van der Waals surface area contributed by atoms with Crippen molar-refractivity contribution in [3.63, 3.8) is 0 Å². The van der Waals surface area contributed by atoms with Crippen molar-refractivity contribution in [3.8, 4) is 22.6 Å². The minimum Gasteiger partial charge on any atom is -0.436 e. The second-order valence-electron chi connectivity index (χ2n) is 7.58. The molecule has 0 aliphatic rings. The first kappa shape index (κ1) is 20.0. The third kappa shape index (κ3) is 4.01. The molecule has 5 heteroatoms. The zero-order chi connectivity index (χ0) is 22.1. The van der Waals surface area contributed by atoms with Crippen molar-refractivity contribution in [2.75, 3.05) is 5.32 Å². The molecule has 1 amide bonds. The van der Waals surface area contributed by atoms with Gasteiger partial charge in [-0.1, -0.05) is 60.1 Å². The lowest BCUT2D eigenvalue weighted by atomic mass is 10.0. The maximum absolute atomic E-state index is 12.8. The van der Waals surface area contributed by atoms with E-state index < -0.39 is 0 Å². The zero-order valence-corrected chi connectivity index (χ0v) is 18.1. The first-order valence-electron chi connectivity index (χ1n) is 10.2. The molecule has 0 saturated carbocycles. The van der Waals surface area contributed by atoms with Gasteiger partial charge < -0.3 is 9.73 Å². The van der Waals surface area contributed by atoms with Gasteiger partial charge in [0.1, 0.15) is 5.52 Å². The van der Waals surface area contributed by atoms with Crippen molar-refractivity contribution in [2.24, 2.45) is 0 Å². The number of hydrogen-bond acceptors (Lipinski definition) is 3. The highest BCUT2D eigenvalue weighted by Crippen LogP contribution is 2.32. The van der Waals surface area contributed by atoms with E-state index in [-0.39, 0.29) is 5.91 Å². The van der Waals surface area contributed by atoms with E-state index in [9.17, 15) is 4.79 Å².